The highest BCUT2D eigenvalue weighted by Gasteiger charge is 2.23. The third-order valence-electron chi connectivity index (χ3n) is 6.11. The van der Waals surface area contributed by atoms with Gasteiger partial charge < -0.3 is 14.6 Å². The Labute approximate surface area is 188 Å². The van der Waals surface area contributed by atoms with Crippen molar-refractivity contribution in [2.75, 3.05) is 32.0 Å². The molecule has 0 spiro atoms. The van der Waals surface area contributed by atoms with E-state index in [2.05, 4.69) is 49.2 Å². The molecule has 4 rings (SSSR count). The molecule has 1 saturated carbocycles. The first kappa shape index (κ1) is 22.3. The van der Waals surface area contributed by atoms with E-state index in [0.29, 0.717) is 24.9 Å². The molecule has 168 valence electrons. The lowest BCUT2D eigenvalue weighted by Gasteiger charge is -2.33. The van der Waals surface area contributed by atoms with Crippen molar-refractivity contribution >= 4 is 17.7 Å². The Morgan fingerprint density at radius 1 is 1.19 bits per heavy atom. The zero-order chi connectivity index (χ0) is 21.5. The van der Waals surface area contributed by atoms with Crippen LogP contribution in [0.4, 0.5) is 0 Å². The lowest BCUT2D eigenvalue weighted by atomic mass is 9.95. The fraction of sp³-hybridized carbons (Fsp3) is 0.609. The van der Waals surface area contributed by atoms with Crippen LogP contribution in [0.5, 0.6) is 0 Å². The number of amides is 1. The molecule has 1 unspecified atom stereocenters. The number of aromatic nitrogens is 3. The third kappa shape index (κ3) is 6.30. The van der Waals surface area contributed by atoms with E-state index in [0.717, 1.165) is 30.6 Å². The van der Waals surface area contributed by atoms with Crippen LogP contribution in [-0.2, 0) is 16.1 Å². The third-order valence-corrected chi connectivity index (χ3v) is 7.05. The minimum atomic E-state index is 0.0182. The monoisotopic (exact) mass is 443 g/mol. The van der Waals surface area contributed by atoms with Gasteiger partial charge in [-0.2, -0.15) is 0 Å². The van der Waals surface area contributed by atoms with Crippen LogP contribution in [0, 0.1) is 6.92 Å². The molecule has 8 heteroatoms. The fourth-order valence-corrected chi connectivity index (χ4v) is 5.39. The van der Waals surface area contributed by atoms with Gasteiger partial charge in [0.15, 0.2) is 5.16 Å². The van der Waals surface area contributed by atoms with E-state index >= 15 is 0 Å². The van der Waals surface area contributed by atoms with Gasteiger partial charge in [0.25, 0.3) is 0 Å². The fourth-order valence-electron chi connectivity index (χ4n) is 4.51. The number of rotatable bonds is 8. The predicted molar refractivity (Wildman–Crippen MR) is 122 cm³/mol. The first-order valence-corrected chi connectivity index (χ1v) is 12.4. The molecule has 0 radical (unpaired) electrons. The molecule has 2 fully saturated rings. The van der Waals surface area contributed by atoms with Crippen molar-refractivity contribution < 1.29 is 9.53 Å². The second-order valence-corrected chi connectivity index (χ2v) is 9.44. The second-order valence-electron chi connectivity index (χ2n) is 8.50. The van der Waals surface area contributed by atoms with Crippen molar-refractivity contribution in [2.45, 2.75) is 62.9 Å². The highest BCUT2D eigenvalue weighted by Crippen LogP contribution is 2.32. The number of benzene rings is 1. The Balaban J connectivity index is 1.22. The maximum absolute atomic E-state index is 12.5. The van der Waals surface area contributed by atoms with Crippen LogP contribution in [-0.4, -0.2) is 63.7 Å². The lowest BCUT2D eigenvalue weighted by Crippen LogP contribution is -2.47. The molecule has 1 saturated heterocycles. The van der Waals surface area contributed by atoms with Crippen molar-refractivity contribution in [2.24, 2.45) is 0 Å². The van der Waals surface area contributed by atoms with E-state index < -0.39 is 0 Å². The van der Waals surface area contributed by atoms with Gasteiger partial charge in [-0.05, 0) is 25.3 Å². The van der Waals surface area contributed by atoms with Gasteiger partial charge in [-0.15, -0.1) is 10.2 Å². The Bertz CT molecular complexity index is 838. The summed E-state index contributed by atoms with van der Waals surface area (Å²) in [5.41, 5.74) is 1.31. The Hall–Kier alpha value is -1.90. The van der Waals surface area contributed by atoms with Crippen LogP contribution in [0.1, 0.15) is 49.5 Å². The zero-order valence-corrected chi connectivity index (χ0v) is 19.1. The Kier molecular flexibility index (Phi) is 7.99. The number of hydrogen-bond acceptors (Lipinski definition) is 6. The molecule has 1 aromatic heterocycles. The molecular weight excluding hydrogens is 410 g/mol. The molecule has 1 N–H and O–H groups in total. The molecule has 2 aromatic rings. The largest absolute Gasteiger partial charge is 0.374 e. The van der Waals surface area contributed by atoms with E-state index in [-0.39, 0.29) is 12.0 Å². The number of hydrogen-bond donors (Lipinski definition) is 1. The van der Waals surface area contributed by atoms with E-state index in [4.69, 9.17) is 4.74 Å². The van der Waals surface area contributed by atoms with E-state index in [1.807, 2.05) is 13.0 Å². The van der Waals surface area contributed by atoms with Crippen LogP contribution in [0.2, 0.25) is 0 Å². The molecule has 1 aliphatic carbocycles. The SMILES string of the molecule is Cc1nnc(SCC(=O)NCC2CN(Cc3ccccc3)CCO2)n1C1CCCCC1. The summed E-state index contributed by atoms with van der Waals surface area (Å²) < 4.78 is 8.11. The van der Waals surface area contributed by atoms with Crippen molar-refractivity contribution in [1.29, 1.82) is 0 Å². The molecule has 1 atom stereocenters. The number of aryl methyl sites for hydroxylation is 1. The first-order valence-electron chi connectivity index (χ1n) is 11.4. The minimum Gasteiger partial charge on any atom is -0.374 e. The summed E-state index contributed by atoms with van der Waals surface area (Å²) in [6.45, 7) is 5.92. The summed E-state index contributed by atoms with van der Waals surface area (Å²) in [4.78, 5) is 14.9. The van der Waals surface area contributed by atoms with Gasteiger partial charge in [-0.25, -0.2) is 0 Å². The number of thioether (sulfide) groups is 1. The van der Waals surface area contributed by atoms with Crippen molar-refractivity contribution in [1.82, 2.24) is 25.0 Å². The average molecular weight is 444 g/mol. The average Bonchev–Trinajstić information content (AvgIpc) is 3.18. The van der Waals surface area contributed by atoms with E-state index in [1.165, 1.54) is 49.4 Å². The van der Waals surface area contributed by atoms with Gasteiger partial charge in [0.1, 0.15) is 5.82 Å². The number of carbonyl (C=O) groups is 1. The topological polar surface area (TPSA) is 72.3 Å². The number of nitrogens with one attached hydrogen (secondary N) is 1. The molecule has 1 aliphatic heterocycles. The number of morpholine rings is 1. The molecular formula is C23H33N5O2S. The van der Waals surface area contributed by atoms with E-state index in [1.54, 1.807) is 0 Å². The van der Waals surface area contributed by atoms with Gasteiger partial charge in [0.05, 0.1) is 18.5 Å². The van der Waals surface area contributed by atoms with Crippen LogP contribution in [0.15, 0.2) is 35.5 Å². The highest BCUT2D eigenvalue weighted by molar-refractivity contribution is 7.99. The van der Waals surface area contributed by atoms with Crippen LogP contribution < -0.4 is 5.32 Å². The Morgan fingerprint density at radius 2 is 2.00 bits per heavy atom. The second kappa shape index (κ2) is 11.1. The molecule has 2 heterocycles. The van der Waals surface area contributed by atoms with Crippen molar-refractivity contribution in [3.05, 3.63) is 41.7 Å². The summed E-state index contributed by atoms with van der Waals surface area (Å²) in [5, 5.41) is 12.5. The summed E-state index contributed by atoms with van der Waals surface area (Å²) in [7, 11) is 0. The summed E-state index contributed by atoms with van der Waals surface area (Å²) in [6, 6.07) is 11.0. The number of nitrogens with zero attached hydrogens (tertiary/aromatic N) is 4. The van der Waals surface area contributed by atoms with Crippen molar-refractivity contribution in [3.63, 3.8) is 0 Å². The van der Waals surface area contributed by atoms with Crippen LogP contribution in [0.25, 0.3) is 0 Å². The van der Waals surface area contributed by atoms with Crippen LogP contribution in [0.3, 0.4) is 0 Å². The molecule has 0 bridgehead atoms. The lowest BCUT2D eigenvalue weighted by molar-refractivity contribution is -0.119. The van der Waals surface area contributed by atoms with Crippen LogP contribution >= 0.6 is 11.8 Å². The van der Waals surface area contributed by atoms with E-state index in [9.17, 15) is 4.79 Å². The maximum atomic E-state index is 12.5. The first-order chi connectivity index (χ1) is 15.2. The van der Waals surface area contributed by atoms with Gasteiger partial charge in [0, 0.05) is 32.2 Å². The summed E-state index contributed by atoms with van der Waals surface area (Å²) in [6.07, 6.45) is 6.22. The minimum absolute atomic E-state index is 0.0182. The highest BCUT2D eigenvalue weighted by atomic mass is 32.2. The zero-order valence-electron chi connectivity index (χ0n) is 18.3. The Morgan fingerprint density at radius 3 is 2.81 bits per heavy atom. The molecule has 1 amide bonds. The molecule has 2 aliphatic rings. The summed E-state index contributed by atoms with van der Waals surface area (Å²) >= 11 is 1.48. The number of carbonyl (C=O) groups excluding carboxylic acids is 1. The van der Waals surface area contributed by atoms with Crippen molar-refractivity contribution in [3.8, 4) is 0 Å². The van der Waals surface area contributed by atoms with Gasteiger partial charge in [-0.3, -0.25) is 9.69 Å². The van der Waals surface area contributed by atoms with Gasteiger partial charge in [-0.1, -0.05) is 61.4 Å². The number of ether oxygens (including phenoxy) is 1. The normalized spacial score (nSPS) is 20.6. The van der Waals surface area contributed by atoms with Gasteiger partial charge in [0.2, 0.25) is 5.91 Å². The molecule has 7 nitrogen and oxygen atoms in total. The smallest absolute Gasteiger partial charge is 0.230 e. The molecule has 1 aromatic carbocycles. The maximum Gasteiger partial charge on any atom is 0.230 e. The quantitative estimate of drug-likeness (QED) is 0.632. The molecule has 31 heavy (non-hydrogen) atoms. The predicted octanol–water partition coefficient (Wildman–Crippen LogP) is 3.20. The van der Waals surface area contributed by atoms with Gasteiger partial charge >= 0.3 is 0 Å². The summed E-state index contributed by atoms with van der Waals surface area (Å²) in [5.74, 6) is 1.32. The standard InChI is InChI=1S/C23H33N5O2S/c1-18-25-26-23(28(18)20-10-6-3-7-11-20)31-17-22(29)24-14-21-16-27(12-13-30-21)15-19-8-4-2-5-9-19/h2,4-5,8-9,20-21H,3,6-7,10-17H2,1H3,(H,24,29).